The number of rotatable bonds is 6. The van der Waals surface area contributed by atoms with Crippen LogP contribution < -0.4 is 5.73 Å². The first-order chi connectivity index (χ1) is 9.16. The van der Waals surface area contributed by atoms with E-state index in [0.29, 0.717) is 11.1 Å². The molecule has 1 unspecified atom stereocenters. The van der Waals surface area contributed by atoms with Gasteiger partial charge in [0.25, 0.3) is 0 Å². The predicted octanol–water partition coefficient (Wildman–Crippen LogP) is 2.43. The summed E-state index contributed by atoms with van der Waals surface area (Å²) in [5, 5.41) is 0. The average molecular weight is 303 g/mol. The van der Waals surface area contributed by atoms with Crippen molar-refractivity contribution in [3.05, 3.63) is 0 Å². The van der Waals surface area contributed by atoms with E-state index in [-0.39, 0.29) is 4.75 Å². The van der Waals surface area contributed by atoms with E-state index in [4.69, 9.17) is 22.7 Å². The molecule has 0 aromatic heterocycles. The van der Waals surface area contributed by atoms with Crippen LogP contribution in [0.3, 0.4) is 0 Å². The summed E-state index contributed by atoms with van der Waals surface area (Å²) in [7, 11) is 0. The van der Waals surface area contributed by atoms with Crippen LogP contribution in [0.2, 0.25) is 0 Å². The molecule has 0 aromatic carbocycles. The SMILES string of the molecule is CSC1(C(N)=S)CCN(CCCC2CCCO2)CC1. The van der Waals surface area contributed by atoms with E-state index in [2.05, 4.69) is 11.2 Å². The van der Waals surface area contributed by atoms with Crippen LogP contribution in [0.4, 0.5) is 0 Å². The average Bonchev–Trinajstić information content (AvgIpc) is 2.92. The smallest absolute Gasteiger partial charge is 0.0891 e. The molecule has 5 heteroatoms. The zero-order valence-electron chi connectivity index (χ0n) is 11.9. The standard InChI is InChI=1S/C14H26N2OS2/c1-19-14(13(15)18)6-9-16(10-7-14)8-2-4-12-5-3-11-17-12/h12H,2-11H2,1H3,(H2,15,18). The minimum absolute atomic E-state index is 0.0559. The van der Waals surface area contributed by atoms with Crippen LogP contribution in [0.15, 0.2) is 0 Å². The Labute approximate surface area is 126 Å². The Morgan fingerprint density at radius 1 is 1.47 bits per heavy atom. The molecule has 0 saturated carbocycles. The molecule has 3 nitrogen and oxygen atoms in total. The molecule has 2 fully saturated rings. The molecule has 2 rings (SSSR count). The van der Waals surface area contributed by atoms with Gasteiger partial charge in [-0.15, -0.1) is 0 Å². The third-order valence-corrected chi connectivity index (χ3v) is 6.46. The maximum atomic E-state index is 5.92. The second-order valence-electron chi connectivity index (χ2n) is 5.68. The first-order valence-electron chi connectivity index (χ1n) is 7.35. The van der Waals surface area contributed by atoms with Gasteiger partial charge in [-0.3, -0.25) is 0 Å². The molecule has 0 aliphatic carbocycles. The monoisotopic (exact) mass is 302 g/mol. The first kappa shape index (κ1) is 15.5. The highest BCUT2D eigenvalue weighted by molar-refractivity contribution is 8.02. The van der Waals surface area contributed by atoms with Gasteiger partial charge in [-0.05, 0) is 64.4 Å². The number of nitrogens with two attached hydrogens (primary N) is 1. The third-order valence-electron chi connectivity index (χ3n) is 4.53. The van der Waals surface area contributed by atoms with E-state index in [1.54, 1.807) is 0 Å². The van der Waals surface area contributed by atoms with Crippen LogP contribution in [0.25, 0.3) is 0 Å². The highest BCUT2D eigenvalue weighted by Gasteiger charge is 2.36. The molecule has 1 atom stereocenters. The van der Waals surface area contributed by atoms with E-state index < -0.39 is 0 Å². The molecular weight excluding hydrogens is 276 g/mol. The van der Waals surface area contributed by atoms with Crippen molar-refractivity contribution in [3.63, 3.8) is 0 Å². The Balaban J connectivity index is 1.66. The van der Waals surface area contributed by atoms with E-state index >= 15 is 0 Å². The van der Waals surface area contributed by atoms with Gasteiger partial charge in [-0.1, -0.05) is 12.2 Å². The van der Waals surface area contributed by atoms with Gasteiger partial charge in [-0.25, -0.2) is 0 Å². The van der Waals surface area contributed by atoms with Gasteiger partial charge in [0.1, 0.15) is 0 Å². The summed E-state index contributed by atoms with van der Waals surface area (Å²) in [5.41, 5.74) is 5.92. The fourth-order valence-corrected chi connectivity index (χ4v) is 4.35. The molecule has 0 amide bonds. The maximum absolute atomic E-state index is 5.92. The van der Waals surface area contributed by atoms with Crippen molar-refractivity contribution in [2.75, 3.05) is 32.5 Å². The van der Waals surface area contributed by atoms with Gasteiger partial charge in [0.15, 0.2) is 0 Å². The fraction of sp³-hybridized carbons (Fsp3) is 0.929. The molecule has 0 radical (unpaired) electrons. The van der Waals surface area contributed by atoms with Crippen molar-refractivity contribution in [3.8, 4) is 0 Å². The summed E-state index contributed by atoms with van der Waals surface area (Å²) in [6.45, 7) is 4.42. The molecule has 0 bridgehead atoms. The lowest BCUT2D eigenvalue weighted by Crippen LogP contribution is -2.49. The summed E-state index contributed by atoms with van der Waals surface area (Å²) in [4.78, 5) is 3.25. The summed E-state index contributed by atoms with van der Waals surface area (Å²) < 4.78 is 5.72. The summed E-state index contributed by atoms with van der Waals surface area (Å²) in [5.74, 6) is 0. The largest absolute Gasteiger partial charge is 0.392 e. The van der Waals surface area contributed by atoms with Crippen LogP contribution in [0.5, 0.6) is 0 Å². The topological polar surface area (TPSA) is 38.5 Å². The van der Waals surface area contributed by atoms with Crippen LogP contribution in [0, 0.1) is 0 Å². The van der Waals surface area contributed by atoms with Gasteiger partial charge in [-0.2, -0.15) is 11.8 Å². The lowest BCUT2D eigenvalue weighted by atomic mass is 9.95. The van der Waals surface area contributed by atoms with Crippen LogP contribution in [-0.4, -0.2) is 53.2 Å². The van der Waals surface area contributed by atoms with E-state index in [1.165, 1.54) is 32.2 Å². The number of nitrogens with zero attached hydrogens (tertiary/aromatic N) is 1. The van der Waals surface area contributed by atoms with Crippen molar-refractivity contribution < 1.29 is 4.74 Å². The molecular formula is C14H26N2OS2. The Morgan fingerprint density at radius 2 is 2.21 bits per heavy atom. The first-order valence-corrected chi connectivity index (χ1v) is 8.98. The number of thiocarbonyl (C=S) groups is 1. The molecule has 2 aliphatic heterocycles. The molecule has 2 N–H and O–H groups in total. The molecule has 2 saturated heterocycles. The lowest BCUT2D eigenvalue weighted by molar-refractivity contribution is 0.0973. The number of likely N-dealkylation sites (tertiary alicyclic amines) is 1. The molecule has 19 heavy (non-hydrogen) atoms. The third kappa shape index (κ3) is 4.06. The van der Waals surface area contributed by atoms with Gasteiger partial charge in [0.05, 0.1) is 15.8 Å². The second-order valence-corrected chi connectivity index (χ2v) is 7.31. The van der Waals surface area contributed by atoms with E-state index in [0.717, 1.165) is 32.5 Å². The molecule has 0 spiro atoms. The Kier molecular flexibility index (Phi) is 5.93. The predicted molar refractivity (Wildman–Crippen MR) is 86.9 cm³/mol. The normalized spacial score (nSPS) is 27.5. The van der Waals surface area contributed by atoms with Gasteiger partial charge in [0, 0.05) is 6.61 Å². The quantitative estimate of drug-likeness (QED) is 0.763. The Morgan fingerprint density at radius 3 is 2.74 bits per heavy atom. The van der Waals surface area contributed by atoms with Crippen LogP contribution in [-0.2, 0) is 4.74 Å². The zero-order chi connectivity index (χ0) is 13.7. The van der Waals surface area contributed by atoms with Crippen molar-refractivity contribution >= 4 is 29.0 Å². The number of ether oxygens (including phenoxy) is 1. The number of hydrogen-bond acceptors (Lipinski definition) is 4. The highest BCUT2D eigenvalue weighted by Crippen LogP contribution is 2.35. The fourth-order valence-electron chi connectivity index (χ4n) is 3.10. The van der Waals surface area contributed by atoms with Gasteiger partial charge in [0.2, 0.25) is 0 Å². The minimum atomic E-state index is 0.0559. The van der Waals surface area contributed by atoms with Crippen molar-refractivity contribution in [2.45, 2.75) is 49.4 Å². The van der Waals surface area contributed by atoms with Gasteiger partial charge >= 0.3 is 0 Å². The highest BCUT2D eigenvalue weighted by atomic mass is 32.2. The maximum Gasteiger partial charge on any atom is 0.0891 e. The molecule has 0 aromatic rings. The Hall–Kier alpha value is 0.160. The number of hydrogen-bond donors (Lipinski definition) is 1. The summed E-state index contributed by atoms with van der Waals surface area (Å²) >= 11 is 7.08. The number of piperidine rings is 1. The molecule has 2 heterocycles. The van der Waals surface area contributed by atoms with Crippen LogP contribution >= 0.6 is 24.0 Å². The van der Waals surface area contributed by atoms with E-state index in [1.807, 2.05) is 11.8 Å². The van der Waals surface area contributed by atoms with Crippen molar-refractivity contribution in [2.24, 2.45) is 5.73 Å². The van der Waals surface area contributed by atoms with Crippen molar-refractivity contribution in [1.29, 1.82) is 0 Å². The van der Waals surface area contributed by atoms with Gasteiger partial charge < -0.3 is 15.4 Å². The second kappa shape index (κ2) is 7.25. The molecule has 2 aliphatic rings. The molecule has 110 valence electrons. The summed E-state index contributed by atoms with van der Waals surface area (Å²) in [6.07, 6.45) is 9.85. The summed E-state index contributed by atoms with van der Waals surface area (Å²) in [6, 6.07) is 0. The van der Waals surface area contributed by atoms with Crippen LogP contribution in [0.1, 0.15) is 38.5 Å². The Bertz CT molecular complexity index is 298. The van der Waals surface area contributed by atoms with E-state index in [9.17, 15) is 0 Å². The lowest BCUT2D eigenvalue weighted by Gasteiger charge is -2.40. The van der Waals surface area contributed by atoms with Crippen molar-refractivity contribution in [1.82, 2.24) is 4.90 Å². The number of thioether (sulfide) groups is 1. The zero-order valence-corrected chi connectivity index (χ0v) is 13.5. The minimum Gasteiger partial charge on any atom is -0.392 e.